The molecule has 3 aromatic carbocycles. The molecule has 1 N–H and O–H groups in total. The smallest absolute Gasteiger partial charge is 0.338 e. The van der Waals surface area contributed by atoms with Gasteiger partial charge in [-0.1, -0.05) is 72.0 Å². The van der Waals surface area contributed by atoms with Crippen molar-refractivity contribution in [3.8, 4) is 0 Å². The van der Waals surface area contributed by atoms with Crippen LogP contribution in [0.2, 0.25) is 0 Å². The number of aromatic nitrogens is 2. The second kappa shape index (κ2) is 8.77. The molecule has 0 spiro atoms. The van der Waals surface area contributed by atoms with Gasteiger partial charge in [0.05, 0.1) is 28.5 Å². The quantitative estimate of drug-likeness (QED) is 0.376. The third-order valence-corrected chi connectivity index (χ3v) is 7.53. The van der Waals surface area contributed by atoms with Gasteiger partial charge < -0.3 is 9.72 Å². The first-order valence-corrected chi connectivity index (χ1v) is 12.6. The van der Waals surface area contributed by atoms with Gasteiger partial charge in [0.25, 0.3) is 5.56 Å². The number of hydrogen-bond donors (Lipinski definition) is 1. The fourth-order valence-electron chi connectivity index (χ4n) is 4.93. The van der Waals surface area contributed by atoms with Gasteiger partial charge in [-0.25, -0.2) is 9.79 Å². The summed E-state index contributed by atoms with van der Waals surface area (Å²) < 4.78 is 7.63. The standard InChI is InChI=1S/C29H23N3O3S/c1-3-35-28(34)25-17(2)31-29-32(26(25)22-13-8-10-18-9-4-5-11-20(18)22)27(33)24(36-29)15-19-16-30-23-14-7-6-12-21(19)23/h4-16,26,30H,3H2,1-2H3/b24-15+/t26-/m1/s1. The number of rotatable bonds is 4. The topological polar surface area (TPSA) is 76.4 Å². The van der Waals surface area contributed by atoms with Gasteiger partial charge in [-0.2, -0.15) is 0 Å². The molecule has 0 bridgehead atoms. The highest BCUT2D eigenvalue weighted by atomic mass is 32.1. The number of thiazole rings is 1. The third kappa shape index (κ3) is 3.51. The zero-order chi connectivity index (χ0) is 24.8. The molecular weight excluding hydrogens is 470 g/mol. The fourth-order valence-corrected chi connectivity index (χ4v) is 5.97. The molecule has 0 unspecified atom stereocenters. The Morgan fingerprint density at radius 3 is 2.67 bits per heavy atom. The lowest BCUT2D eigenvalue weighted by Crippen LogP contribution is -2.40. The van der Waals surface area contributed by atoms with E-state index in [-0.39, 0.29) is 12.2 Å². The van der Waals surface area contributed by atoms with Crippen LogP contribution in [0.15, 0.2) is 94.0 Å². The van der Waals surface area contributed by atoms with E-state index in [0.29, 0.717) is 20.6 Å². The maximum Gasteiger partial charge on any atom is 0.338 e. The number of nitrogens with zero attached hydrogens (tertiary/aromatic N) is 2. The van der Waals surface area contributed by atoms with E-state index in [1.807, 2.05) is 79.0 Å². The number of carbonyl (C=O) groups is 1. The molecular formula is C29H23N3O3S. The van der Waals surface area contributed by atoms with Crippen LogP contribution < -0.4 is 14.9 Å². The number of hydrogen-bond acceptors (Lipinski definition) is 5. The summed E-state index contributed by atoms with van der Waals surface area (Å²) in [6.45, 7) is 3.82. The molecule has 178 valence electrons. The van der Waals surface area contributed by atoms with Crippen LogP contribution in [-0.2, 0) is 9.53 Å². The number of aromatic amines is 1. The van der Waals surface area contributed by atoms with Crippen molar-refractivity contribution in [2.75, 3.05) is 6.61 Å². The molecule has 36 heavy (non-hydrogen) atoms. The monoisotopic (exact) mass is 493 g/mol. The van der Waals surface area contributed by atoms with Crippen LogP contribution in [0.3, 0.4) is 0 Å². The molecule has 0 fully saturated rings. The lowest BCUT2D eigenvalue weighted by Gasteiger charge is -2.25. The van der Waals surface area contributed by atoms with Crippen LogP contribution in [-0.4, -0.2) is 22.1 Å². The molecule has 0 saturated carbocycles. The molecule has 0 radical (unpaired) electrons. The minimum atomic E-state index is -0.642. The van der Waals surface area contributed by atoms with Gasteiger partial charge in [0.1, 0.15) is 0 Å². The second-order valence-electron chi connectivity index (χ2n) is 8.66. The van der Waals surface area contributed by atoms with Crippen molar-refractivity contribution in [1.82, 2.24) is 9.55 Å². The van der Waals surface area contributed by atoms with Crippen molar-refractivity contribution in [2.45, 2.75) is 19.9 Å². The highest BCUT2D eigenvalue weighted by molar-refractivity contribution is 7.07. The summed E-state index contributed by atoms with van der Waals surface area (Å²) in [5.74, 6) is -0.456. The molecule has 1 aliphatic heterocycles. The first-order valence-electron chi connectivity index (χ1n) is 11.8. The van der Waals surface area contributed by atoms with Crippen LogP contribution in [0.25, 0.3) is 27.8 Å². The van der Waals surface area contributed by atoms with Crippen molar-refractivity contribution in [3.05, 3.63) is 115 Å². The average Bonchev–Trinajstić information content (AvgIpc) is 3.43. The van der Waals surface area contributed by atoms with E-state index >= 15 is 0 Å². The number of para-hydroxylation sites is 1. The first-order chi connectivity index (χ1) is 17.6. The van der Waals surface area contributed by atoms with Crippen molar-refractivity contribution in [3.63, 3.8) is 0 Å². The Hall–Kier alpha value is -4.23. The number of benzene rings is 3. The normalized spacial score (nSPS) is 15.8. The number of carbonyl (C=O) groups excluding carboxylic acids is 1. The van der Waals surface area contributed by atoms with Gasteiger partial charge in [-0.15, -0.1) is 0 Å². The third-order valence-electron chi connectivity index (χ3n) is 6.54. The van der Waals surface area contributed by atoms with Crippen molar-refractivity contribution >= 4 is 45.1 Å². The van der Waals surface area contributed by atoms with E-state index in [1.165, 1.54) is 11.3 Å². The van der Waals surface area contributed by atoms with Crippen LogP contribution >= 0.6 is 11.3 Å². The number of H-pyrrole nitrogens is 1. The van der Waals surface area contributed by atoms with Gasteiger partial charge >= 0.3 is 5.97 Å². The summed E-state index contributed by atoms with van der Waals surface area (Å²) in [6, 6.07) is 21.3. The van der Waals surface area contributed by atoms with Crippen molar-refractivity contribution < 1.29 is 9.53 Å². The molecule has 5 aromatic rings. The minimum Gasteiger partial charge on any atom is -0.463 e. The van der Waals surface area contributed by atoms with E-state index in [0.717, 1.165) is 32.8 Å². The first kappa shape index (κ1) is 22.2. The highest BCUT2D eigenvalue weighted by Gasteiger charge is 2.34. The Kier molecular flexibility index (Phi) is 5.42. The number of esters is 1. The molecule has 3 heterocycles. The molecule has 0 amide bonds. The highest BCUT2D eigenvalue weighted by Crippen LogP contribution is 2.34. The predicted molar refractivity (Wildman–Crippen MR) is 143 cm³/mol. The van der Waals surface area contributed by atoms with Gasteiger partial charge in [0.2, 0.25) is 0 Å². The zero-order valence-electron chi connectivity index (χ0n) is 19.8. The average molecular weight is 494 g/mol. The molecule has 6 rings (SSSR count). The maximum atomic E-state index is 13.9. The second-order valence-corrected chi connectivity index (χ2v) is 9.67. The summed E-state index contributed by atoms with van der Waals surface area (Å²) in [5, 5.41) is 3.05. The predicted octanol–water partition coefficient (Wildman–Crippen LogP) is 4.43. The summed E-state index contributed by atoms with van der Waals surface area (Å²) in [5.41, 5.74) is 3.57. The van der Waals surface area contributed by atoms with Gasteiger partial charge in [-0.05, 0) is 42.3 Å². The summed E-state index contributed by atoms with van der Waals surface area (Å²) in [7, 11) is 0. The molecule has 1 aliphatic rings. The number of ether oxygens (including phenoxy) is 1. The lowest BCUT2D eigenvalue weighted by molar-refractivity contribution is -0.139. The van der Waals surface area contributed by atoms with Crippen LogP contribution in [0, 0.1) is 0 Å². The van der Waals surface area contributed by atoms with Crippen molar-refractivity contribution in [1.29, 1.82) is 0 Å². The van der Waals surface area contributed by atoms with E-state index in [1.54, 1.807) is 18.4 Å². The van der Waals surface area contributed by atoms with E-state index < -0.39 is 12.0 Å². The van der Waals surface area contributed by atoms with E-state index in [4.69, 9.17) is 9.73 Å². The Balaban J connectivity index is 1.63. The SMILES string of the molecule is CCOC(=O)C1=C(C)N=c2s/c(=C/c3c[nH]c4ccccc34)c(=O)n2[C@@H]1c1cccc2ccccc12. The Labute approximate surface area is 210 Å². The molecule has 0 aliphatic carbocycles. The van der Waals surface area contributed by atoms with Crippen LogP contribution in [0.1, 0.15) is 31.0 Å². The number of fused-ring (bicyclic) bond motifs is 3. The molecule has 0 saturated heterocycles. The van der Waals surface area contributed by atoms with Gasteiger partial charge in [0, 0.05) is 22.7 Å². The zero-order valence-corrected chi connectivity index (χ0v) is 20.6. The van der Waals surface area contributed by atoms with Gasteiger partial charge in [0.15, 0.2) is 4.80 Å². The summed E-state index contributed by atoms with van der Waals surface area (Å²) in [4.78, 5) is 35.6. The maximum absolute atomic E-state index is 13.9. The number of nitrogens with one attached hydrogen (secondary N) is 1. The summed E-state index contributed by atoms with van der Waals surface area (Å²) >= 11 is 1.33. The largest absolute Gasteiger partial charge is 0.463 e. The van der Waals surface area contributed by atoms with Crippen LogP contribution in [0.5, 0.6) is 0 Å². The van der Waals surface area contributed by atoms with Crippen LogP contribution in [0.4, 0.5) is 0 Å². The molecule has 2 aromatic heterocycles. The Morgan fingerprint density at radius 2 is 1.83 bits per heavy atom. The molecule has 7 heteroatoms. The molecule has 6 nitrogen and oxygen atoms in total. The van der Waals surface area contributed by atoms with Gasteiger partial charge in [-0.3, -0.25) is 9.36 Å². The van der Waals surface area contributed by atoms with Crippen molar-refractivity contribution in [2.24, 2.45) is 4.99 Å². The molecule has 1 atom stereocenters. The van der Waals surface area contributed by atoms with E-state index in [2.05, 4.69) is 4.98 Å². The van der Waals surface area contributed by atoms with E-state index in [9.17, 15) is 9.59 Å². The lowest BCUT2D eigenvalue weighted by atomic mass is 9.91. The Bertz CT molecular complexity index is 1870. The fraction of sp³-hybridized carbons (Fsp3) is 0.138. The summed E-state index contributed by atoms with van der Waals surface area (Å²) in [6.07, 6.45) is 3.80. The number of allylic oxidation sites excluding steroid dienone is 1. The minimum absolute atomic E-state index is 0.184. The Morgan fingerprint density at radius 1 is 1.08 bits per heavy atom.